The Hall–Kier alpha value is -2.92. The highest BCUT2D eigenvalue weighted by molar-refractivity contribution is 6.33. The Morgan fingerprint density at radius 2 is 1.89 bits per heavy atom. The molecular formula is C22H22ClN3O2. The molecule has 2 N–H and O–H groups in total. The highest BCUT2D eigenvalue weighted by atomic mass is 35.5. The van der Waals surface area contributed by atoms with Crippen molar-refractivity contribution < 1.29 is 4.79 Å². The molecule has 2 aromatic carbocycles. The predicted octanol–water partition coefficient (Wildman–Crippen LogP) is 4.34. The number of hydrogen-bond donors (Lipinski definition) is 2. The quantitative estimate of drug-likeness (QED) is 0.674. The third-order valence-electron chi connectivity index (χ3n) is 4.48. The summed E-state index contributed by atoms with van der Waals surface area (Å²) in [5.74, 6) is 0.288. The summed E-state index contributed by atoms with van der Waals surface area (Å²) in [6.07, 6.45) is 0. The van der Waals surface area contributed by atoms with E-state index >= 15 is 0 Å². The van der Waals surface area contributed by atoms with Crippen molar-refractivity contribution in [1.29, 1.82) is 0 Å². The SMILES string of the molecule is Cc1c(-c2ccccc2)nc(-c2cc(CNC(=O)C(C)C)ccc2Cl)[nH]c1=O. The van der Waals surface area contributed by atoms with Crippen molar-refractivity contribution in [2.75, 3.05) is 0 Å². The second kappa shape index (κ2) is 8.40. The summed E-state index contributed by atoms with van der Waals surface area (Å²) in [4.78, 5) is 31.8. The average molecular weight is 396 g/mol. The number of aromatic amines is 1. The molecule has 3 rings (SSSR count). The minimum absolute atomic E-state index is 0.0234. The van der Waals surface area contributed by atoms with E-state index in [1.54, 1.807) is 13.0 Å². The minimum Gasteiger partial charge on any atom is -0.352 e. The van der Waals surface area contributed by atoms with Gasteiger partial charge in [-0.2, -0.15) is 0 Å². The van der Waals surface area contributed by atoms with Crippen LogP contribution in [0.15, 0.2) is 53.3 Å². The Bertz CT molecular complexity index is 1060. The second-order valence-electron chi connectivity index (χ2n) is 6.94. The molecule has 5 nitrogen and oxygen atoms in total. The van der Waals surface area contributed by atoms with Gasteiger partial charge < -0.3 is 10.3 Å². The van der Waals surface area contributed by atoms with Crippen LogP contribution in [-0.4, -0.2) is 15.9 Å². The Labute approximate surface area is 168 Å². The van der Waals surface area contributed by atoms with Crippen molar-refractivity contribution in [3.8, 4) is 22.6 Å². The Kier molecular flexibility index (Phi) is 5.95. The molecule has 6 heteroatoms. The van der Waals surface area contributed by atoms with Crippen LogP contribution in [0, 0.1) is 12.8 Å². The molecule has 28 heavy (non-hydrogen) atoms. The predicted molar refractivity (Wildman–Crippen MR) is 112 cm³/mol. The summed E-state index contributed by atoms with van der Waals surface area (Å²) in [6.45, 7) is 5.81. The first-order chi connectivity index (χ1) is 13.4. The van der Waals surface area contributed by atoms with Gasteiger partial charge in [-0.3, -0.25) is 9.59 Å². The van der Waals surface area contributed by atoms with Gasteiger partial charge in [0.1, 0.15) is 5.82 Å². The lowest BCUT2D eigenvalue weighted by molar-refractivity contribution is -0.124. The zero-order chi connectivity index (χ0) is 20.3. The van der Waals surface area contributed by atoms with Crippen LogP contribution in [-0.2, 0) is 11.3 Å². The van der Waals surface area contributed by atoms with Crippen LogP contribution in [0.1, 0.15) is 25.0 Å². The van der Waals surface area contributed by atoms with Gasteiger partial charge in [0.25, 0.3) is 5.56 Å². The maximum absolute atomic E-state index is 12.5. The molecule has 0 aliphatic heterocycles. The zero-order valence-electron chi connectivity index (χ0n) is 16.0. The standard InChI is InChI=1S/C22H22ClN3O2/c1-13(2)21(27)24-12-15-9-10-18(23)17(11-15)20-25-19(14(3)22(28)26-20)16-7-5-4-6-8-16/h4-11,13H,12H2,1-3H3,(H,24,27)(H,25,26,28). The molecule has 0 saturated carbocycles. The van der Waals surface area contributed by atoms with Gasteiger partial charge in [-0.1, -0.05) is 61.8 Å². The van der Waals surface area contributed by atoms with Crippen LogP contribution in [0.3, 0.4) is 0 Å². The Morgan fingerprint density at radius 3 is 2.57 bits per heavy atom. The van der Waals surface area contributed by atoms with Gasteiger partial charge in [0.15, 0.2) is 0 Å². The van der Waals surface area contributed by atoms with Crippen molar-refractivity contribution in [2.24, 2.45) is 5.92 Å². The normalized spacial score (nSPS) is 10.9. The van der Waals surface area contributed by atoms with E-state index in [1.165, 1.54) is 0 Å². The number of benzene rings is 2. The molecule has 0 radical (unpaired) electrons. The number of aromatic nitrogens is 2. The number of hydrogen-bond acceptors (Lipinski definition) is 3. The maximum Gasteiger partial charge on any atom is 0.254 e. The fourth-order valence-electron chi connectivity index (χ4n) is 2.79. The molecule has 0 aliphatic rings. The van der Waals surface area contributed by atoms with Crippen LogP contribution < -0.4 is 10.9 Å². The van der Waals surface area contributed by atoms with E-state index in [2.05, 4.69) is 15.3 Å². The van der Waals surface area contributed by atoms with Crippen molar-refractivity contribution in [3.63, 3.8) is 0 Å². The number of H-pyrrole nitrogens is 1. The fourth-order valence-corrected chi connectivity index (χ4v) is 3.00. The Morgan fingerprint density at radius 1 is 1.18 bits per heavy atom. The molecule has 0 atom stereocenters. The molecule has 0 saturated heterocycles. The van der Waals surface area contributed by atoms with E-state index in [1.807, 2.05) is 56.3 Å². The van der Waals surface area contributed by atoms with Crippen LogP contribution in [0.4, 0.5) is 0 Å². The molecule has 0 spiro atoms. The molecule has 0 aliphatic carbocycles. The number of carbonyl (C=O) groups is 1. The topological polar surface area (TPSA) is 74.8 Å². The van der Waals surface area contributed by atoms with Crippen molar-refractivity contribution >= 4 is 17.5 Å². The number of rotatable bonds is 5. The average Bonchev–Trinajstić information content (AvgIpc) is 2.69. The summed E-state index contributed by atoms with van der Waals surface area (Å²) in [5.41, 5.74) is 3.31. The first kappa shape index (κ1) is 19.8. The first-order valence-corrected chi connectivity index (χ1v) is 9.47. The van der Waals surface area contributed by atoms with Crippen LogP contribution >= 0.6 is 11.6 Å². The molecule has 0 bridgehead atoms. The van der Waals surface area contributed by atoms with Crippen LogP contribution in [0.25, 0.3) is 22.6 Å². The van der Waals surface area contributed by atoms with E-state index in [-0.39, 0.29) is 17.4 Å². The van der Waals surface area contributed by atoms with Gasteiger partial charge in [-0.25, -0.2) is 4.98 Å². The first-order valence-electron chi connectivity index (χ1n) is 9.09. The third kappa shape index (κ3) is 4.31. The molecular weight excluding hydrogens is 374 g/mol. The van der Waals surface area contributed by atoms with E-state index in [4.69, 9.17) is 11.6 Å². The van der Waals surface area contributed by atoms with E-state index < -0.39 is 0 Å². The van der Waals surface area contributed by atoms with Gasteiger partial charge in [0.2, 0.25) is 5.91 Å². The molecule has 1 heterocycles. The lowest BCUT2D eigenvalue weighted by Gasteiger charge is -2.12. The third-order valence-corrected chi connectivity index (χ3v) is 4.81. The van der Waals surface area contributed by atoms with Crippen LogP contribution in [0.2, 0.25) is 5.02 Å². The fraction of sp³-hybridized carbons (Fsp3) is 0.227. The minimum atomic E-state index is -0.210. The molecule has 1 amide bonds. The van der Waals surface area contributed by atoms with E-state index in [0.717, 1.165) is 11.1 Å². The summed E-state index contributed by atoms with van der Waals surface area (Å²) >= 11 is 6.38. The van der Waals surface area contributed by atoms with Gasteiger partial charge in [0, 0.05) is 29.2 Å². The van der Waals surface area contributed by atoms with Crippen molar-refractivity contribution in [3.05, 3.63) is 75.0 Å². The lowest BCUT2D eigenvalue weighted by atomic mass is 10.1. The Balaban J connectivity index is 2.01. The van der Waals surface area contributed by atoms with Crippen molar-refractivity contribution in [2.45, 2.75) is 27.3 Å². The summed E-state index contributed by atoms with van der Waals surface area (Å²) in [6, 6.07) is 15.0. The summed E-state index contributed by atoms with van der Waals surface area (Å²) < 4.78 is 0. The second-order valence-corrected chi connectivity index (χ2v) is 7.35. The summed E-state index contributed by atoms with van der Waals surface area (Å²) in [7, 11) is 0. The van der Waals surface area contributed by atoms with Crippen LogP contribution in [0.5, 0.6) is 0 Å². The van der Waals surface area contributed by atoms with E-state index in [0.29, 0.717) is 34.2 Å². The molecule has 144 valence electrons. The highest BCUT2D eigenvalue weighted by Gasteiger charge is 2.14. The molecule has 3 aromatic rings. The van der Waals surface area contributed by atoms with E-state index in [9.17, 15) is 9.59 Å². The molecule has 1 aromatic heterocycles. The molecule has 0 fully saturated rings. The zero-order valence-corrected chi connectivity index (χ0v) is 16.8. The van der Waals surface area contributed by atoms with Gasteiger partial charge in [-0.05, 0) is 24.6 Å². The largest absolute Gasteiger partial charge is 0.352 e. The van der Waals surface area contributed by atoms with Gasteiger partial charge in [0.05, 0.1) is 10.7 Å². The summed E-state index contributed by atoms with van der Waals surface area (Å²) in [5, 5.41) is 3.36. The molecule has 0 unspecified atom stereocenters. The number of halogens is 1. The number of carbonyl (C=O) groups excluding carboxylic acids is 1. The highest BCUT2D eigenvalue weighted by Crippen LogP contribution is 2.28. The number of nitrogens with one attached hydrogen (secondary N) is 2. The van der Waals surface area contributed by atoms with Gasteiger partial charge >= 0.3 is 0 Å². The van der Waals surface area contributed by atoms with Gasteiger partial charge in [-0.15, -0.1) is 0 Å². The number of amides is 1. The lowest BCUT2D eigenvalue weighted by Crippen LogP contribution is -2.27. The maximum atomic E-state index is 12.5. The monoisotopic (exact) mass is 395 g/mol. The smallest absolute Gasteiger partial charge is 0.254 e. The van der Waals surface area contributed by atoms with Crippen molar-refractivity contribution in [1.82, 2.24) is 15.3 Å². The number of nitrogens with zero attached hydrogens (tertiary/aromatic N) is 1.